The van der Waals surface area contributed by atoms with Crippen LogP contribution in [-0.2, 0) is 13.2 Å². The van der Waals surface area contributed by atoms with Crippen molar-refractivity contribution in [1.82, 2.24) is 9.55 Å². The van der Waals surface area contributed by atoms with Gasteiger partial charge in [0.15, 0.2) is 0 Å². The van der Waals surface area contributed by atoms with Gasteiger partial charge in [-0.05, 0) is 31.0 Å². The zero-order chi connectivity index (χ0) is 13.7. The summed E-state index contributed by atoms with van der Waals surface area (Å²) in [5, 5.41) is 9.44. The molecule has 102 valence electrons. The lowest BCUT2D eigenvalue weighted by molar-refractivity contribution is 0.199. The second kappa shape index (κ2) is 6.38. The van der Waals surface area contributed by atoms with E-state index in [2.05, 4.69) is 16.5 Å². The van der Waals surface area contributed by atoms with E-state index in [9.17, 15) is 5.11 Å². The fourth-order valence-electron chi connectivity index (χ4n) is 1.91. The molecule has 0 amide bonds. The summed E-state index contributed by atoms with van der Waals surface area (Å²) in [7, 11) is 0. The number of nitrogens with zero attached hydrogens (tertiary/aromatic N) is 2. The Hall–Kier alpha value is -1.81. The number of hydrogen-bond donors (Lipinski definition) is 1. The second-order valence-corrected chi connectivity index (χ2v) is 4.61. The zero-order valence-corrected chi connectivity index (χ0v) is 11.4. The molecular weight excluding hydrogens is 240 g/mol. The predicted molar refractivity (Wildman–Crippen MR) is 73.9 cm³/mol. The lowest BCUT2D eigenvalue weighted by Gasteiger charge is -2.10. The first kappa shape index (κ1) is 13.6. The SMILES string of the molecule is CCCn1cncc1COc1ccc(C(C)O)cc1. The molecule has 1 heterocycles. The minimum absolute atomic E-state index is 0.444. The minimum Gasteiger partial charge on any atom is -0.487 e. The van der Waals surface area contributed by atoms with Crippen molar-refractivity contribution in [1.29, 1.82) is 0 Å². The lowest BCUT2D eigenvalue weighted by Crippen LogP contribution is -2.05. The van der Waals surface area contributed by atoms with Gasteiger partial charge in [0.2, 0.25) is 0 Å². The molecule has 0 bridgehead atoms. The molecule has 1 aromatic carbocycles. The molecule has 19 heavy (non-hydrogen) atoms. The summed E-state index contributed by atoms with van der Waals surface area (Å²) in [5.41, 5.74) is 1.96. The molecule has 2 rings (SSSR count). The highest BCUT2D eigenvalue weighted by Crippen LogP contribution is 2.18. The van der Waals surface area contributed by atoms with Crippen molar-refractivity contribution >= 4 is 0 Å². The molecule has 0 radical (unpaired) electrons. The van der Waals surface area contributed by atoms with Gasteiger partial charge in [0.05, 0.1) is 24.3 Å². The van der Waals surface area contributed by atoms with E-state index in [1.165, 1.54) is 0 Å². The number of hydrogen-bond acceptors (Lipinski definition) is 3. The highest BCUT2D eigenvalue weighted by Gasteiger charge is 2.04. The average molecular weight is 260 g/mol. The Bertz CT molecular complexity index is 503. The molecule has 1 unspecified atom stereocenters. The van der Waals surface area contributed by atoms with Gasteiger partial charge in [-0.3, -0.25) is 0 Å². The van der Waals surface area contributed by atoms with Crippen molar-refractivity contribution in [3.8, 4) is 5.75 Å². The molecule has 0 saturated carbocycles. The molecule has 0 aliphatic carbocycles. The molecule has 4 nitrogen and oxygen atoms in total. The lowest BCUT2D eigenvalue weighted by atomic mass is 10.1. The fourth-order valence-corrected chi connectivity index (χ4v) is 1.91. The Labute approximate surface area is 113 Å². The van der Waals surface area contributed by atoms with Crippen LogP contribution in [0.15, 0.2) is 36.8 Å². The first-order chi connectivity index (χ1) is 9.20. The predicted octanol–water partition coefficient (Wildman–Crippen LogP) is 2.93. The number of aryl methyl sites for hydroxylation is 1. The highest BCUT2D eigenvalue weighted by molar-refractivity contribution is 5.28. The summed E-state index contributed by atoms with van der Waals surface area (Å²) in [5.74, 6) is 0.800. The summed E-state index contributed by atoms with van der Waals surface area (Å²) in [6.45, 7) is 5.35. The molecule has 0 saturated heterocycles. The van der Waals surface area contributed by atoms with Crippen LogP contribution in [0, 0.1) is 0 Å². The van der Waals surface area contributed by atoms with E-state index in [1.807, 2.05) is 36.8 Å². The summed E-state index contributed by atoms with van der Waals surface area (Å²) in [4.78, 5) is 4.14. The summed E-state index contributed by atoms with van der Waals surface area (Å²) >= 11 is 0. The average Bonchev–Trinajstić information content (AvgIpc) is 2.85. The Morgan fingerprint density at radius 2 is 2.05 bits per heavy atom. The van der Waals surface area contributed by atoms with E-state index in [-0.39, 0.29) is 0 Å². The zero-order valence-electron chi connectivity index (χ0n) is 11.4. The molecule has 0 aliphatic heterocycles. The number of rotatable bonds is 6. The number of ether oxygens (including phenoxy) is 1. The number of aliphatic hydroxyl groups excluding tert-OH is 1. The van der Waals surface area contributed by atoms with Gasteiger partial charge in [0.1, 0.15) is 12.4 Å². The third-order valence-corrected chi connectivity index (χ3v) is 3.01. The Morgan fingerprint density at radius 3 is 2.68 bits per heavy atom. The minimum atomic E-state index is -0.444. The molecule has 1 aromatic heterocycles. The Kier molecular flexibility index (Phi) is 4.58. The van der Waals surface area contributed by atoms with E-state index in [4.69, 9.17) is 4.74 Å². The molecule has 1 N–H and O–H groups in total. The van der Waals surface area contributed by atoms with Crippen molar-refractivity contribution in [3.63, 3.8) is 0 Å². The monoisotopic (exact) mass is 260 g/mol. The molecule has 2 aromatic rings. The van der Waals surface area contributed by atoms with Crippen molar-refractivity contribution < 1.29 is 9.84 Å². The number of aromatic nitrogens is 2. The Balaban J connectivity index is 1.96. The molecule has 4 heteroatoms. The van der Waals surface area contributed by atoms with E-state index in [1.54, 1.807) is 6.92 Å². The molecular formula is C15H20N2O2. The normalized spacial score (nSPS) is 12.4. The van der Waals surface area contributed by atoms with E-state index >= 15 is 0 Å². The number of imidazole rings is 1. The standard InChI is InChI=1S/C15H20N2O2/c1-3-8-17-11-16-9-14(17)10-19-15-6-4-13(5-7-15)12(2)18/h4-7,9,11-12,18H,3,8,10H2,1-2H3. The van der Waals surface area contributed by atoms with Crippen LogP contribution in [0.2, 0.25) is 0 Å². The highest BCUT2D eigenvalue weighted by atomic mass is 16.5. The van der Waals surface area contributed by atoms with Gasteiger partial charge >= 0.3 is 0 Å². The van der Waals surface area contributed by atoms with Crippen molar-refractivity contribution in [2.24, 2.45) is 0 Å². The third-order valence-electron chi connectivity index (χ3n) is 3.01. The number of benzene rings is 1. The summed E-state index contributed by atoms with van der Waals surface area (Å²) in [6.07, 6.45) is 4.30. The smallest absolute Gasteiger partial charge is 0.130 e. The third kappa shape index (κ3) is 3.58. The van der Waals surface area contributed by atoms with E-state index in [0.717, 1.165) is 30.0 Å². The molecule has 1 atom stereocenters. The first-order valence-corrected chi connectivity index (χ1v) is 6.60. The maximum atomic E-state index is 9.44. The van der Waals surface area contributed by atoms with Gasteiger partial charge < -0.3 is 14.4 Å². The maximum Gasteiger partial charge on any atom is 0.130 e. The summed E-state index contributed by atoms with van der Waals surface area (Å²) in [6, 6.07) is 7.51. The van der Waals surface area contributed by atoms with Gasteiger partial charge in [-0.2, -0.15) is 0 Å². The van der Waals surface area contributed by atoms with Crippen LogP contribution < -0.4 is 4.74 Å². The maximum absolute atomic E-state index is 9.44. The topological polar surface area (TPSA) is 47.3 Å². The van der Waals surface area contributed by atoms with E-state index in [0.29, 0.717) is 6.61 Å². The summed E-state index contributed by atoms with van der Waals surface area (Å²) < 4.78 is 7.83. The fraction of sp³-hybridized carbons (Fsp3) is 0.400. The van der Waals surface area contributed by atoms with Gasteiger partial charge in [-0.15, -0.1) is 0 Å². The molecule has 0 spiro atoms. The van der Waals surface area contributed by atoms with Gasteiger partial charge in [0.25, 0.3) is 0 Å². The van der Waals surface area contributed by atoms with Crippen LogP contribution in [0.3, 0.4) is 0 Å². The van der Waals surface area contributed by atoms with Gasteiger partial charge in [-0.25, -0.2) is 4.98 Å². The molecule has 0 aliphatic rings. The van der Waals surface area contributed by atoms with Crippen LogP contribution in [0.5, 0.6) is 5.75 Å². The first-order valence-electron chi connectivity index (χ1n) is 6.60. The van der Waals surface area contributed by atoms with Crippen LogP contribution in [-0.4, -0.2) is 14.7 Å². The van der Waals surface area contributed by atoms with Crippen molar-refractivity contribution in [3.05, 3.63) is 48.0 Å². The van der Waals surface area contributed by atoms with Crippen molar-refractivity contribution in [2.45, 2.75) is 39.5 Å². The van der Waals surface area contributed by atoms with Gasteiger partial charge in [-0.1, -0.05) is 19.1 Å². The van der Waals surface area contributed by atoms with Crippen LogP contribution >= 0.6 is 0 Å². The van der Waals surface area contributed by atoms with Crippen LogP contribution in [0.1, 0.15) is 37.6 Å². The van der Waals surface area contributed by atoms with E-state index < -0.39 is 6.10 Å². The van der Waals surface area contributed by atoms with Crippen LogP contribution in [0.4, 0.5) is 0 Å². The quantitative estimate of drug-likeness (QED) is 0.868. The van der Waals surface area contributed by atoms with Crippen molar-refractivity contribution in [2.75, 3.05) is 0 Å². The van der Waals surface area contributed by atoms with Crippen LogP contribution in [0.25, 0.3) is 0 Å². The number of aliphatic hydroxyl groups is 1. The Morgan fingerprint density at radius 1 is 1.32 bits per heavy atom. The largest absolute Gasteiger partial charge is 0.487 e. The molecule has 0 fully saturated rings. The second-order valence-electron chi connectivity index (χ2n) is 4.61. The van der Waals surface area contributed by atoms with Gasteiger partial charge in [0, 0.05) is 6.54 Å².